The average Bonchev–Trinajstić information content (AvgIpc) is 3.21. The zero-order valence-corrected chi connectivity index (χ0v) is 18.1. The highest BCUT2D eigenvalue weighted by molar-refractivity contribution is 5.78. The summed E-state index contributed by atoms with van der Waals surface area (Å²) in [5.41, 5.74) is 1.73. The molecule has 0 aliphatic carbocycles. The number of carbonyl (C=O) groups is 1. The van der Waals surface area contributed by atoms with Crippen molar-refractivity contribution in [3.8, 4) is 5.75 Å². The lowest BCUT2D eigenvalue weighted by Crippen LogP contribution is -2.36. The van der Waals surface area contributed by atoms with E-state index in [0.29, 0.717) is 30.5 Å². The van der Waals surface area contributed by atoms with Crippen LogP contribution in [0, 0.1) is 11.7 Å². The van der Waals surface area contributed by atoms with E-state index < -0.39 is 11.9 Å². The molecule has 1 atom stereocenters. The number of amides is 1. The van der Waals surface area contributed by atoms with E-state index in [9.17, 15) is 14.0 Å². The highest BCUT2D eigenvalue weighted by atomic mass is 19.1. The van der Waals surface area contributed by atoms with Crippen LogP contribution in [-0.2, 0) is 9.53 Å². The summed E-state index contributed by atoms with van der Waals surface area (Å²) < 4.78 is 25.5. The molecule has 0 bridgehead atoms. The number of hydrogen-bond donors (Lipinski definition) is 2. The molecule has 4 rings (SSSR count). The third-order valence-electron chi connectivity index (χ3n) is 5.62. The van der Waals surface area contributed by atoms with Gasteiger partial charge in [-0.2, -0.15) is 0 Å². The molecule has 170 valence electrons. The van der Waals surface area contributed by atoms with E-state index >= 15 is 0 Å². The van der Waals surface area contributed by atoms with Crippen LogP contribution in [0.15, 0.2) is 41.2 Å². The summed E-state index contributed by atoms with van der Waals surface area (Å²) in [4.78, 5) is 29.9. The van der Waals surface area contributed by atoms with Gasteiger partial charge >= 0.3 is 0 Å². The Labute approximate surface area is 184 Å². The normalized spacial score (nSPS) is 15.8. The van der Waals surface area contributed by atoms with Gasteiger partial charge in [0.2, 0.25) is 0 Å². The van der Waals surface area contributed by atoms with Gasteiger partial charge in [-0.1, -0.05) is 19.9 Å². The SMILES string of the molecule is CC(C)C(NC(=O)COc1cccc(F)c1)c1cc(=O)n2[nH]c(C3CCOCC3)cc2n1. The van der Waals surface area contributed by atoms with Gasteiger partial charge in [-0.15, -0.1) is 0 Å². The number of hydrogen-bond acceptors (Lipinski definition) is 5. The fourth-order valence-corrected chi connectivity index (χ4v) is 3.91. The van der Waals surface area contributed by atoms with Gasteiger partial charge in [-0.05, 0) is 30.9 Å². The number of carbonyl (C=O) groups excluding carboxylic acids is 1. The molecule has 1 aromatic carbocycles. The Balaban J connectivity index is 1.51. The van der Waals surface area contributed by atoms with Crippen LogP contribution in [0.1, 0.15) is 50.0 Å². The first-order valence-electron chi connectivity index (χ1n) is 10.8. The predicted molar refractivity (Wildman–Crippen MR) is 116 cm³/mol. The van der Waals surface area contributed by atoms with E-state index in [1.54, 1.807) is 6.07 Å². The highest BCUT2D eigenvalue weighted by Crippen LogP contribution is 2.26. The number of aromatic amines is 1. The maximum Gasteiger partial charge on any atom is 0.272 e. The van der Waals surface area contributed by atoms with Gasteiger partial charge in [-0.3, -0.25) is 14.7 Å². The Kier molecular flexibility index (Phi) is 6.55. The fraction of sp³-hybridized carbons (Fsp3) is 0.435. The van der Waals surface area contributed by atoms with E-state index in [0.717, 1.165) is 18.5 Å². The number of aromatic nitrogens is 3. The molecule has 1 saturated heterocycles. The summed E-state index contributed by atoms with van der Waals surface area (Å²) in [6.45, 7) is 5.00. The quantitative estimate of drug-likeness (QED) is 0.586. The van der Waals surface area contributed by atoms with Gasteiger partial charge < -0.3 is 14.8 Å². The largest absolute Gasteiger partial charge is 0.484 e. The molecular formula is C23H27FN4O4. The lowest BCUT2D eigenvalue weighted by atomic mass is 9.97. The summed E-state index contributed by atoms with van der Waals surface area (Å²) >= 11 is 0. The van der Waals surface area contributed by atoms with Crippen LogP contribution in [0.25, 0.3) is 5.65 Å². The molecule has 2 N–H and O–H groups in total. The smallest absolute Gasteiger partial charge is 0.272 e. The minimum Gasteiger partial charge on any atom is -0.484 e. The Morgan fingerprint density at radius 1 is 1.31 bits per heavy atom. The van der Waals surface area contributed by atoms with Crippen LogP contribution >= 0.6 is 0 Å². The van der Waals surface area contributed by atoms with Gasteiger partial charge in [0, 0.05) is 43.0 Å². The van der Waals surface area contributed by atoms with Crippen molar-refractivity contribution in [3.05, 3.63) is 64.0 Å². The van der Waals surface area contributed by atoms with Crippen molar-refractivity contribution in [2.45, 2.75) is 38.6 Å². The van der Waals surface area contributed by atoms with Gasteiger partial charge in [0.05, 0.1) is 11.7 Å². The summed E-state index contributed by atoms with van der Waals surface area (Å²) in [7, 11) is 0. The zero-order valence-electron chi connectivity index (χ0n) is 18.1. The van der Waals surface area contributed by atoms with Gasteiger partial charge in [0.15, 0.2) is 12.3 Å². The van der Waals surface area contributed by atoms with E-state index in [4.69, 9.17) is 9.47 Å². The lowest BCUT2D eigenvalue weighted by molar-refractivity contribution is -0.124. The molecule has 0 radical (unpaired) electrons. The molecule has 8 nitrogen and oxygen atoms in total. The second-order valence-corrected chi connectivity index (χ2v) is 8.35. The highest BCUT2D eigenvalue weighted by Gasteiger charge is 2.23. The Morgan fingerprint density at radius 3 is 2.81 bits per heavy atom. The van der Waals surface area contributed by atoms with E-state index in [1.165, 1.54) is 28.8 Å². The first kappa shape index (κ1) is 22.0. The third kappa shape index (κ3) is 4.99. The first-order valence-corrected chi connectivity index (χ1v) is 10.8. The van der Waals surface area contributed by atoms with Crippen molar-refractivity contribution in [2.24, 2.45) is 5.92 Å². The fourth-order valence-electron chi connectivity index (χ4n) is 3.91. The molecule has 1 aliphatic heterocycles. The third-order valence-corrected chi connectivity index (χ3v) is 5.62. The summed E-state index contributed by atoms with van der Waals surface area (Å²) in [6.07, 6.45) is 1.79. The Morgan fingerprint density at radius 2 is 2.09 bits per heavy atom. The number of nitrogens with zero attached hydrogens (tertiary/aromatic N) is 2. The van der Waals surface area contributed by atoms with Crippen molar-refractivity contribution in [1.82, 2.24) is 19.9 Å². The first-order chi connectivity index (χ1) is 15.4. The van der Waals surface area contributed by atoms with Crippen LogP contribution in [0.5, 0.6) is 5.75 Å². The monoisotopic (exact) mass is 442 g/mol. The summed E-state index contributed by atoms with van der Waals surface area (Å²) in [5, 5.41) is 6.05. The maximum absolute atomic E-state index is 13.3. The Bertz CT molecular complexity index is 1150. The van der Waals surface area contributed by atoms with Crippen LogP contribution in [0.3, 0.4) is 0 Å². The number of ether oxygens (including phenoxy) is 2. The van der Waals surface area contributed by atoms with E-state index in [1.807, 2.05) is 19.9 Å². The molecule has 0 saturated carbocycles. The molecule has 1 fully saturated rings. The van der Waals surface area contributed by atoms with Crippen LogP contribution in [-0.4, -0.2) is 40.3 Å². The van der Waals surface area contributed by atoms with Crippen LogP contribution < -0.4 is 15.6 Å². The minimum atomic E-state index is -0.474. The van der Waals surface area contributed by atoms with Gasteiger partial charge in [-0.25, -0.2) is 13.9 Å². The lowest BCUT2D eigenvalue weighted by Gasteiger charge is -2.22. The van der Waals surface area contributed by atoms with Crippen molar-refractivity contribution < 1.29 is 18.7 Å². The summed E-state index contributed by atoms with van der Waals surface area (Å²) in [5.74, 6) is -0.267. The average molecular weight is 442 g/mol. The van der Waals surface area contributed by atoms with Gasteiger partial charge in [0.1, 0.15) is 11.6 Å². The van der Waals surface area contributed by atoms with Crippen LogP contribution in [0.2, 0.25) is 0 Å². The number of fused-ring (bicyclic) bond motifs is 1. The molecule has 1 amide bonds. The molecular weight excluding hydrogens is 415 g/mol. The van der Waals surface area contributed by atoms with E-state index in [-0.39, 0.29) is 29.7 Å². The number of H-pyrrole nitrogens is 1. The minimum absolute atomic E-state index is 0.0172. The van der Waals surface area contributed by atoms with Crippen molar-refractivity contribution in [1.29, 1.82) is 0 Å². The number of rotatable bonds is 7. The standard InChI is InChI=1S/C23H27FN4O4/c1-14(2)23(26-21(29)13-32-17-5-3-4-16(24)10-17)19-12-22(30)28-20(25-19)11-18(27-28)15-6-8-31-9-7-15/h3-5,10-12,14-15,23,27H,6-9,13H2,1-2H3,(H,26,29). The second-order valence-electron chi connectivity index (χ2n) is 8.35. The van der Waals surface area contributed by atoms with Crippen molar-refractivity contribution in [2.75, 3.05) is 19.8 Å². The Hall–Kier alpha value is -3.20. The zero-order chi connectivity index (χ0) is 22.7. The molecule has 32 heavy (non-hydrogen) atoms. The predicted octanol–water partition coefficient (Wildman–Crippen LogP) is 2.95. The molecule has 1 unspecified atom stereocenters. The van der Waals surface area contributed by atoms with Crippen molar-refractivity contribution >= 4 is 11.6 Å². The second kappa shape index (κ2) is 9.52. The maximum atomic E-state index is 13.3. The van der Waals surface area contributed by atoms with Gasteiger partial charge in [0.25, 0.3) is 11.5 Å². The number of halogens is 1. The topological polar surface area (TPSA) is 97.7 Å². The molecule has 9 heteroatoms. The summed E-state index contributed by atoms with van der Waals surface area (Å²) in [6, 6.07) is 8.47. The molecule has 1 aliphatic rings. The molecule has 2 aromatic heterocycles. The van der Waals surface area contributed by atoms with Crippen LogP contribution in [0.4, 0.5) is 4.39 Å². The van der Waals surface area contributed by atoms with E-state index in [2.05, 4.69) is 15.4 Å². The molecule has 3 heterocycles. The molecule has 3 aromatic rings. The number of nitrogens with one attached hydrogen (secondary N) is 2. The van der Waals surface area contributed by atoms with Crippen molar-refractivity contribution in [3.63, 3.8) is 0 Å². The molecule has 0 spiro atoms. The number of benzene rings is 1.